The molecule has 3 atom stereocenters. The molecule has 1 aliphatic carbocycles. The maximum absolute atomic E-state index is 11.6. The van der Waals surface area contributed by atoms with Gasteiger partial charge >= 0.3 is 0 Å². The average Bonchev–Trinajstić information content (AvgIpc) is 2.29. The molecule has 0 spiro atoms. The molecule has 0 bridgehead atoms. The quantitative estimate of drug-likeness (QED) is 0.439. The maximum atomic E-state index is 11.6. The Morgan fingerprint density at radius 1 is 1.47 bits per heavy atom. The molecule has 0 aliphatic heterocycles. The highest BCUT2D eigenvalue weighted by molar-refractivity contribution is 7.91. The number of rotatable bonds is 6. The lowest BCUT2D eigenvalue weighted by Gasteiger charge is -2.33. The molecule has 0 aromatic carbocycles. The van der Waals surface area contributed by atoms with Crippen LogP contribution in [0.2, 0.25) is 0 Å². The molecule has 0 heterocycles. The third-order valence-electron chi connectivity index (χ3n) is 3.70. The Labute approximate surface area is 109 Å². The van der Waals surface area contributed by atoms with Crippen molar-refractivity contribution in [2.75, 3.05) is 12.1 Å². The minimum atomic E-state index is -2.92. The van der Waals surface area contributed by atoms with Crippen LogP contribution in [-0.2, 0) is 9.84 Å². The van der Waals surface area contributed by atoms with Crippen LogP contribution < -0.4 is 11.3 Å². The molecule has 3 unspecified atom stereocenters. The number of hydrogen-bond donors (Lipinski definition) is 2. The highest BCUT2D eigenvalue weighted by atomic mass is 35.5. The molecular formula is C11H23ClN2O2S. The first-order chi connectivity index (χ1) is 7.99. The second-order valence-electron chi connectivity index (χ2n) is 4.98. The first kappa shape index (κ1) is 15.2. The molecule has 0 aromatic heterocycles. The molecule has 3 N–H and O–H groups in total. The van der Waals surface area contributed by atoms with E-state index in [2.05, 4.69) is 5.43 Å². The van der Waals surface area contributed by atoms with Crippen molar-refractivity contribution in [1.82, 2.24) is 5.43 Å². The van der Waals surface area contributed by atoms with Crippen LogP contribution >= 0.6 is 11.6 Å². The van der Waals surface area contributed by atoms with Crippen molar-refractivity contribution in [2.45, 2.75) is 49.8 Å². The molecule has 102 valence electrons. The van der Waals surface area contributed by atoms with Gasteiger partial charge in [-0.3, -0.25) is 11.3 Å². The van der Waals surface area contributed by atoms with E-state index in [1.54, 1.807) is 0 Å². The zero-order valence-corrected chi connectivity index (χ0v) is 11.9. The monoisotopic (exact) mass is 282 g/mol. The molecule has 4 nitrogen and oxygen atoms in total. The van der Waals surface area contributed by atoms with E-state index in [0.717, 1.165) is 38.5 Å². The molecule has 6 heteroatoms. The number of alkyl halides is 1. The average molecular weight is 283 g/mol. The predicted molar refractivity (Wildman–Crippen MR) is 71.7 cm³/mol. The summed E-state index contributed by atoms with van der Waals surface area (Å²) in [5, 5.41) is -0.187. The highest BCUT2D eigenvalue weighted by Crippen LogP contribution is 2.31. The lowest BCUT2D eigenvalue weighted by Crippen LogP contribution is -2.44. The molecule has 0 saturated heterocycles. The van der Waals surface area contributed by atoms with Crippen molar-refractivity contribution in [2.24, 2.45) is 11.8 Å². The van der Waals surface area contributed by atoms with Crippen molar-refractivity contribution in [3.05, 3.63) is 0 Å². The fraction of sp³-hybridized carbons (Fsp3) is 1.00. The van der Waals surface area contributed by atoms with Crippen LogP contribution in [0.15, 0.2) is 0 Å². The van der Waals surface area contributed by atoms with Crippen LogP contribution in [0, 0.1) is 5.92 Å². The largest absolute Gasteiger partial charge is 0.271 e. The summed E-state index contributed by atoms with van der Waals surface area (Å²) in [6.45, 7) is 0. The maximum Gasteiger partial charge on any atom is 0.150 e. The minimum absolute atomic E-state index is 0.187. The Hall–Kier alpha value is 0.160. The third kappa shape index (κ3) is 4.73. The van der Waals surface area contributed by atoms with Crippen molar-refractivity contribution in [3.63, 3.8) is 0 Å². The smallest absolute Gasteiger partial charge is 0.150 e. The normalized spacial score (nSPS) is 27.9. The van der Waals surface area contributed by atoms with Crippen molar-refractivity contribution < 1.29 is 8.42 Å². The number of hydrogen-bond acceptors (Lipinski definition) is 4. The fourth-order valence-electron chi connectivity index (χ4n) is 2.69. The summed E-state index contributed by atoms with van der Waals surface area (Å²) in [6.07, 6.45) is 6.73. The summed E-state index contributed by atoms with van der Waals surface area (Å²) < 4.78 is 23.2. The fourth-order valence-corrected chi connectivity index (χ4v) is 4.03. The second kappa shape index (κ2) is 6.92. The summed E-state index contributed by atoms with van der Waals surface area (Å²) in [4.78, 5) is 0. The van der Waals surface area contributed by atoms with Gasteiger partial charge in [-0.2, -0.15) is 0 Å². The molecular weight excluding hydrogens is 260 g/mol. The Morgan fingerprint density at radius 3 is 2.71 bits per heavy atom. The molecule has 17 heavy (non-hydrogen) atoms. The van der Waals surface area contributed by atoms with Gasteiger partial charge in [0.1, 0.15) is 9.84 Å². The Bertz CT molecular complexity index is 321. The van der Waals surface area contributed by atoms with Gasteiger partial charge in [-0.15, -0.1) is 11.6 Å². The number of sulfone groups is 1. The van der Waals surface area contributed by atoms with Gasteiger partial charge in [0.25, 0.3) is 0 Å². The predicted octanol–water partition coefficient (Wildman–Crippen LogP) is 1.44. The van der Waals surface area contributed by atoms with Gasteiger partial charge < -0.3 is 0 Å². The zero-order chi connectivity index (χ0) is 12.9. The second-order valence-corrected chi connectivity index (χ2v) is 7.69. The molecule has 1 rings (SSSR count). The van der Waals surface area contributed by atoms with Crippen molar-refractivity contribution >= 4 is 21.4 Å². The molecule has 0 amide bonds. The van der Waals surface area contributed by atoms with Crippen LogP contribution in [0.4, 0.5) is 0 Å². The minimum Gasteiger partial charge on any atom is -0.271 e. The summed E-state index contributed by atoms with van der Waals surface area (Å²) in [5.41, 5.74) is 2.83. The van der Waals surface area contributed by atoms with Gasteiger partial charge in [-0.05, 0) is 38.0 Å². The SMILES string of the molecule is CS(=O)(=O)C1CCCC(C(CCCCl)NN)C1. The molecule has 1 aliphatic rings. The van der Waals surface area contributed by atoms with E-state index in [0.29, 0.717) is 11.8 Å². The van der Waals surface area contributed by atoms with Gasteiger partial charge in [0.15, 0.2) is 0 Å². The Kier molecular flexibility index (Phi) is 6.20. The Morgan fingerprint density at radius 2 is 2.18 bits per heavy atom. The van der Waals surface area contributed by atoms with Gasteiger partial charge in [-0.25, -0.2) is 8.42 Å². The molecule has 0 radical (unpaired) electrons. The lowest BCUT2D eigenvalue weighted by atomic mass is 9.82. The summed E-state index contributed by atoms with van der Waals surface area (Å²) in [7, 11) is -2.92. The van der Waals surface area contributed by atoms with Crippen LogP contribution in [0.3, 0.4) is 0 Å². The van der Waals surface area contributed by atoms with E-state index in [9.17, 15) is 8.42 Å². The van der Waals surface area contributed by atoms with Gasteiger partial charge in [0, 0.05) is 18.2 Å². The van der Waals surface area contributed by atoms with E-state index in [4.69, 9.17) is 17.4 Å². The lowest BCUT2D eigenvalue weighted by molar-refractivity contribution is 0.260. The van der Waals surface area contributed by atoms with E-state index in [1.165, 1.54) is 6.26 Å². The number of nitrogens with two attached hydrogens (primary N) is 1. The zero-order valence-electron chi connectivity index (χ0n) is 10.4. The van der Waals surface area contributed by atoms with Crippen molar-refractivity contribution in [1.29, 1.82) is 0 Å². The van der Waals surface area contributed by atoms with E-state index in [-0.39, 0.29) is 11.3 Å². The van der Waals surface area contributed by atoms with E-state index in [1.807, 2.05) is 0 Å². The van der Waals surface area contributed by atoms with Gasteiger partial charge in [0.2, 0.25) is 0 Å². The number of nitrogens with one attached hydrogen (secondary N) is 1. The first-order valence-corrected chi connectivity index (χ1v) is 8.69. The number of hydrazine groups is 1. The van der Waals surface area contributed by atoms with Crippen LogP contribution in [0.1, 0.15) is 38.5 Å². The van der Waals surface area contributed by atoms with Crippen LogP contribution in [-0.4, -0.2) is 31.8 Å². The van der Waals surface area contributed by atoms with Crippen LogP contribution in [0.5, 0.6) is 0 Å². The van der Waals surface area contributed by atoms with Gasteiger partial charge in [-0.1, -0.05) is 6.42 Å². The Balaban J connectivity index is 2.58. The van der Waals surface area contributed by atoms with E-state index < -0.39 is 9.84 Å². The van der Waals surface area contributed by atoms with Gasteiger partial charge in [0.05, 0.1) is 5.25 Å². The third-order valence-corrected chi connectivity index (χ3v) is 5.61. The standard InChI is InChI=1S/C11H23ClN2O2S/c1-17(15,16)10-5-2-4-9(8-10)11(14-13)6-3-7-12/h9-11,14H,2-8,13H2,1H3. The summed E-state index contributed by atoms with van der Waals surface area (Å²) >= 11 is 5.68. The number of halogens is 1. The van der Waals surface area contributed by atoms with Crippen LogP contribution in [0.25, 0.3) is 0 Å². The molecule has 1 fully saturated rings. The highest BCUT2D eigenvalue weighted by Gasteiger charge is 2.32. The van der Waals surface area contributed by atoms with E-state index >= 15 is 0 Å². The summed E-state index contributed by atoms with van der Waals surface area (Å²) in [5.74, 6) is 6.54. The summed E-state index contributed by atoms with van der Waals surface area (Å²) in [6, 6.07) is 0.193. The topological polar surface area (TPSA) is 72.2 Å². The molecule has 0 aromatic rings. The molecule has 1 saturated carbocycles. The first-order valence-electron chi connectivity index (χ1n) is 6.20. The van der Waals surface area contributed by atoms with Crippen molar-refractivity contribution in [3.8, 4) is 0 Å².